The average Bonchev–Trinajstić information content (AvgIpc) is 3.14. The highest BCUT2D eigenvalue weighted by molar-refractivity contribution is 5.80. The predicted octanol–water partition coefficient (Wildman–Crippen LogP) is 3.96. The molecule has 29 heavy (non-hydrogen) atoms. The van der Waals surface area contributed by atoms with E-state index in [4.69, 9.17) is 14.5 Å². The van der Waals surface area contributed by atoms with Gasteiger partial charge in [-0.1, -0.05) is 24.3 Å². The van der Waals surface area contributed by atoms with E-state index >= 15 is 0 Å². The molecule has 2 heterocycles. The number of rotatable bonds is 10. The van der Waals surface area contributed by atoms with Crippen LogP contribution in [-0.2, 0) is 9.47 Å². The lowest BCUT2D eigenvalue weighted by Crippen LogP contribution is -2.13. The molecule has 0 aliphatic heterocycles. The summed E-state index contributed by atoms with van der Waals surface area (Å²) in [5, 5.41) is 3.31. The number of hydrogen-bond donors (Lipinski definition) is 1. The Kier molecular flexibility index (Phi) is 6.29. The standard InChI is InChI=1S/C22H23FN4O2/c23-10-13-28-15-16-29-14-11-24-18-7-5-17(6-8-18)19-9-12-27-21-4-2-1-3-20(21)26-22(27)25-19/h1-9,12,24H,10-11,13-16H2. The Hall–Kier alpha value is -3.03. The Morgan fingerprint density at radius 3 is 2.48 bits per heavy atom. The van der Waals surface area contributed by atoms with Gasteiger partial charge in [0, 0.05) is 24.0 Å². The van der Waals surface area contributed by atoms with Crippen molar-refractivity contribution in [3.05, 3.63) is 60.8 Å². The number of halogens is 1. The molecule has 6 nitrogen and oxygen atoms in total. The minimum absolute atomic E-state index is 0.132. The largest absolute Gasteiger partial charge is 0.383 e. The summed E-state index contributed by atoms with van der Waals surface area (Å²) in [7, 11) is 0. The summed E-state index contributed by atoms with van der Waals surface area (Å²) in [4.78, 5) is 9.30. The van der Waals surface area contributed by atoms with Crippen molar-refractivity contribution < 1.29 is 13.9 Å². The van der Waals surface area contributed by atoms with Crippen LogP contribution in [0.5, 0.6) is 0 Å². The number of imidazole rings is 1. The van der Waals surface area contributed by atoms with Crippen LogP contribution in [-0.4, -0.2) is 54.0 Å². The van der Waals surface area contributed by atoms with Crippen molar-refractivity contribution >= 4 is 22.5 Å². The van der Waals surface area contributed by atoms with E-state index in [1.807, 2.05) is 65.2 Å². The zero-order valence-electron chi connectivity index (χ0n) is 16.1. The molecule has 0 aliphatic rings. The van der Waals surface area contributed by atoms with Gasteiger partial charge in [0.1, 0.15) is 6.67 Å². The second-order valence-corrected chi connectivity index (χ2v) is 6.50. The van der Waals surface area contributed by atoms with Crippen molar-refractivity contribution in [2.45, 2.75) is 0 Å². The molecule has 2 aromatic heterocycles. The third-order valence-electron chi connectivity index (χ3n) is 4.53. The van der Waals surface area contributed by atoms with Gasteiger partial charge in [0.25, 0.3) is 0 Å². The molecule has 0 spiro atoms. The molecule has 150 valence electrons. The molecule has 0 amide bonds. The number of ether oxygens (including phenoxy) is 2. The smallest absolute Gasteiger partial charge is 0.235 e. The second-order valence-electron chi connectivity index (χ2n) is 6.50. The van der Waals surface area contributed by atoms with Crippen molar-refractivity contribution in [1.82, 2.24) is 14.4 Å². The summed E-state index contributed by atoms with van der Waals surface area (Å²) >= 11 is 0. The fourth-order valence-corrected chi connectivity index (χ4v) is 3.11. The highest BCUT2D eigenvalue weighted by Gasteiger charge is 2.07. The second kappa shape index (κ2) is 9.45. The molecule has 0 saturated carbocycles. The highest BCUT2D eigenvalue weighted by atomic mass is 19.1. The van der Waals surface area contributed by atoms with Gasteiger partial charge in [0.15, 0.2) is 0 Å². The van der Waals surface area contributed by atoms with E-state index in [-0.39, 0.29) is 6.61 Å². The molecule has 4 aromatic rings. The zero-order chi connectivity index (χ0) is 19.9. The molecule has 2 aromatic carbocycles. The maximum absolute atomic E-state index is 11.9. The number of fused-ring (bicyclic) bond motifs is 3. The van der Waals surface area contributed by atoms with Crippen molar-refractivity contribution in [2.24, 2.45) is 0 Å². The first kappa shape index (κ1) is 19.3. The quantitative estimate of drug-likeness (QED) is 0.413. The summed E-state index contributed by atoms with van der Waals surface area (Å²) < 4.78 is 24.3. The Bertz CT molecular complexity index is 1070. The van der Waals surface area contributed by atoms with Crippen LogP contribution in [0.4, 0.5) is 10.1 Å². The Morgan fingerprint density at radius 1 is 0.862 bits per heavy atom. The van der Waals surface area contributed by atoms with E-state index < -0.39 is 6.67 Å². The van der Waals surface area contributed by atoms with Crippen LogP contribution in [0.15, 0.2) is 60.8 Å². The summed E-state index contributed by atoms with van der Waals surface area (Å²) in [6, 6.07) is 18.1. The molecule has 0 bridgehead atoms. The first-order chi connectivity index (χ1) is 14.3. The van der Waals surface area contributed by atoms with Crippen molar-refractivity contribution in [2.75, 3.05) is 45.0 Å². The normalized spacial score (nSPS) is 11.3. The Labute approximate surface area is 168 Å². The first-order valence-electron chi connectivity index (χ1n) is 9.65. The van der Waals surface area contributed by atoms with E-state index in [0.717, 1.165) is 28.0 Å². The topological polar surface area (TPSA) is 60.7 Å². The minimum atomic E-state index is -0.459. The molecular formula is C22H23FN4O2. The van der Waals surface area contributed by atoms with E-state index in [2.05, 4.69) is 10.3 Å². The van der Waals surface area contributed by atoms with Gasteiger partial charge in [-0.2, -0.15) is 0 Å². The van der Waals surface area contributed by atoms with Crippen molar-refractivity contribution in [1.29, 1.82) is 0 Å². The van der Waals surface area contributed by atoms with Crippen LogP contribution < -0.4 is 5.32 Å². The van der Waals surface area contributed by atoms with Gasteiger partial charge in [-0.3, -0.25) is 4.40 Å². The minimum Gasteiger partial charge on any atom is -0.383 e. The predicted molar refractivity (Wildman–Crippen MR) is 112 cm³/mol. The third-order valence-corrected chi connectivity index (χ3v) is 4.53. The van der Waals surface area contributed by atoms with Gasteiger partial charge in [-0.05, 0) is 30.3 Å². The zero-order valence-corrected chi connectivity index (χ0v) is 16.1. The van der Waals surface area contributed by atoms with E-state index in [0.29, 0.717) is 32.1 Å². The third kappa shape index (κ3) is 4.70. The number of alkyl halides is 1. The van der Waals surface area contributed by atoms with E-state index in [1.165, 1.54) is 0 Å². The number of anilines is 1. The molecule has 1 N–H and O–H groups in total. The van der Waals surface area contributed by atoms with Gasteiger partial charge in [-0.25, -0.2) is 14.4 Å². The van der Waals surface area contributed by atoms with Gasteiger partial charge in [0.2, 0.25) is 5.78 Å². The average molecular weight is 394 g/mol. The van der Waals surface area contributed by atoms with E-state index in [1.54, 1.807) is 0 Å². The number of nitrogens with one attached hydrogen (secondary N) is 1. The fourth-order valence-electron chi connectivity index (χ4n) is 3.11. The molecule has 0 atom stereocenters. The summed E-state index contributed by atoms with van der Waals surface area (Å²) in [6.07, 6.45) is 2.01. The van der Waals surface area contributed by atoms with Crippen LogP contribution >= 0.6 is 0 Å². The Morgan fingerprint density at radius 2 is 1.66 bits per heavy atom. The molecular weight excluding hydrogens is 371 g/mol. The summed E-state index contributed by atoms with van der Waals surface area (Å²) in [6.45, 7) is 1.81. The number of aromatic nitrogens is 3. The number of hydrogen-bond acceptors (Lipinski definition) is 5. The maximum atomic E-state index is 11.9. The van der Waals surface area contributed by atoms with Crippen molar-refractivity contribution in [3.8, 4) is 11.3 Å². The van der Waals surface area contributed by atoms with Crippen molar-refractivity contribution in [3.63, 3.8) is 0 Å². The van der Waals surface area contributed by atoms with Gasteiger partial charge in [0.05, 0.1) is 43.2 Å². The maximum Gasteiger partial charge on any atom is 0.235 e. The van der Waals surface area contributed by atoms with Gasteiger partial charge in [-0.15, -0.1) is 0 Å². The SMILES string of the molecule is FCCOCCOCCNc1ccc(-c2ccn3c(n2)nc2ccccc23)cc1. The molecule has 0 unspecified atom stereocenters. The molecule has 0 aliphatic carbocycles. The molecule has 0 radical (unpaired) electrons. The molecule has 7 heteroatoms. The first-order valence-corrected chi connectivity index (χ1v) is 9.65. The summed E-state index contributed by atoms with van der Waals surface area (Å²) in [5.74, 6) is 0.693. The van der Waals surface area contributed by atoms with Crippen LogP contribution in [0, 0.1) is 0 Å². The Balaban J connectivity index is 1.33. The lowest BCUT2D eigenvalue weighted by Gasteiger charge is -2.08. The highest BCUT2D eigenvalue weighted by Crippen LogP contribution is 2.22. The fraction of sp³-hybridized carbons (Fsp3) is 0.273. The summed E-state index contributed by atoms with van der Waals surface area (Å²) in [5.41, 5.74) is 4.92. The van der Waals surface area contributed by atoms with Gasteiger partial charge >= 0.3 is 0 Å². The monoisotopic (exact) mass is 394 g/mol. The van der Waals surface area contributed by atoms with E-state index in [9.17, 15) is 4.39 Å². The van der Waals surface area contributed by atoms with Crippen LogP contribution in [0.1, 0.15) is 0 Å². The van der Waals surface area contributed by atoms with Gasteiger partial charge < -0.3 is 14.8 Å². The van der Waals surface area contributed by atoms with Crippen LogP contribution in [0.2, 0.25) is 0 Å². The molecule has 4 rings (SSSR count). The van der Waals surface area contributed by atoms with Crippen LogP contribution in [0.25, 0.3) is 28.1 Å². The lowest BCUT2D eigenvalue weighted by molar-refractivity contribution is 0.0464. The molecule has 0 saturated heterocycles. The molecule has 0 fully saturated rings. The lowest BCUT2D eigenvalue weighted by atomic mass is 10.1. The number of benzene rings is 2. The number of nitrogens with zero attached hydrogens (tertiary/aromatic N) is 3. The number of para-hydroxylation sites is 2. The van der Waals surface area contributed by atoms with Crippen LogP contribution in [0.3, 0.4) is 0 Å².